The van der Waals surface area contributed by atoms with Crippen LogP contribution in [-0.4, -0.2) is 41.0 Å². The Bertz CT molecular complexity index is 783. The fourth-order valence-electron chi connectivity index (χ4n) is 2.84. The van der Waals surface area contributed by atoms with E-state index in [4.69, 9.17) is 11.2 Å². The highest BCUT2D eigenvalue weighted by Gasteiger charge is 2.33. The molecule has 0 saturated heterocycles. The minimum Gasteiger partial charge on any atom is -0.444 e. The average molecular weight is 402 g/mol. The fourth-order valence-corrected chi connectivity index (χ4v) is 2.84. The molecular weight excluding hydrogens is 370 g/mol. The number of rotatable bonds is 6. The zero-order valence-corrected chi connectivity index (χ0v) is 18.3. The second kappa shape index (κ2) is 9.97. The smallest absolute Gasteiger partial charge is 0.408 e. The maximum absolute atomic E-state index is 13.0. The second-order valence-electron chi connectivity index (χ2n) is 8.12. The summed E-state index contributed by atoms with van der Waals surface area (Å²) in [4.78, 5) is 38.7. The molecule has 1 atom stereocenters. The predicted octanol–water partition coefficient (Wildman–Crippen LogP) is 2.81. The number of carbonyl (C=O) groups excluding carboxylic acids is 3. The van der Waals surface area contributed by atoms with Crippen LogP contribution < -0.4 is 10.6 Å². The van der Waals surface area contributed by atoms with E-state index in [2.05, 4.69) is 16.7 Å². The highest BCUT2D eigenvalue weighted by atomic mass is 16.6. The molecule has 1 aromatic rings. The first-order chi connectivity index (χ1) is 13.4. The van der Waals surface area contributed by atoms with E-state index in [0.29, 0.717) is 5.56 Å². The van der Waals surface area contributed by atoms with Crippen LogP contribution in [0.5, 0.6) is 0 Å². The lowest BCUT2D eigenvalue weighted by Crippen LogP contribution is -2.47. The van der Waals surface area contributed by atoms with Crippen molar-refractivity contribution in [3.05, 3.63) is 34.9 Å². The van der Waals surface area contributed by atoms with Crippen molar-refractivity contribution in [2.24, 2.45) is 0 Å². The van der Waals surface area contributed by atoms with Gasteiger partial charge in [0.25, 0.3) is 5.91 Å². The van der Waals surface area contributed by atoms with Gasteiger partial charge in [0, 0.05) is 12.1 Å². The van der Waals surface area contributed by atoms with E-state index < -0.39 is 30.2 Å². The summed E-state index contributed by atoms with van der Waals surface area (Å²) in [6.07, 6.45) is 4.88. The third-order valence-corrected chi connectivity index (χ3v) is 3.94. The fraction of sp³-hybridized carbons (Fsp3) is 0.500. The van der Waals surface area contributed by atoms with E-state index in [0.717, 1.165) is 16.0 Å². The van der Waals surface area contributed by atoms with Crippen molar-refractivity contribution in [1.82, 2.24) is 15.5 Å². The number of alkyl carbamates (subject to hydrolysis) is 1. The molecule has 3 amide bonds. The Labute approximate surface area is 173 Å². The summed E-state index contributed by atoms with van der Waals surface area (Å²) in [5.74, 6) is -0.981. The van der Waals surface area contributed by atoms with Gasteiger partial charge in [0.15, 0.2) is 0 Å². The molecule has 0 saturated carbocycles. The number of aryl methyl sites for hydroxylation is 2. The number of amides is 3. The van der Waals surface area contributed by atoms with Gasteiger partial charge in [0.05, 0.1) is 0 Å². The molecule has 1 aromatic carbocycles. The number of terminal acetylenes is 1. The van der Waals surface area contributed by atoms with Crippen molar-refractivity contribution in [3.8, 4) is 12.5 Å². The lowest BCUT2D eigenvalue weighted by molar-refractivity contribution is -0.136. The molecule has 2 N–H and O–H groups in total. The van der Waals surface area contributed by atoms with E-state index in [-0.39, 0.29) is 11.9 Å². The number of ether oxygens (including phenoxy) is 1. The summed E-state index contributed by atoms with van der Waals surface area (Å²) < 4.78 is 5.13. The maximum atomic E-state index is 13.0. The summed E-state index contributed by atoms with van der Waals surface area (Å²) in [7, 11) is 0. The first-order valence-electron chi connectivity index (χ1n) is 9.49. The number of hydrogen-bond acceptors (Lipinski definition) is 4. The summed E-state index contributed by atoms with van der Waals surface area (Å²) in [5, 5.41) is 5.21. The van der Waals surface area contributed by atoms with Gasteiger partial charge in [-0.25, -0.2) is 4.79 Å². The molecule has 29 heavy (non-hydrogen) atoms. The summed E-state index contributed by atoms with van der Waals surface area (Å²) in [6, 6.07) is 6.75. The maximum Gasteiger partial charge on any atom is 0.408 e. The first-order valence-corrected chi connectivity index (χ1v) is 9.49. The van der Waals surface area contributed by atoms with Crippen LogP contribution in [0.15, 0.2) is 18.2 Å². The number of nitrogens with zero attached hydrogens (tertiary/aromatic N) is 1. The van der Waals surface area contributed by atoms with Crippen molar-refractivity contribution < 1.29 is 19.1 Å². The van der Waals surface area contributed by atoms with Crippen LogP contribution >= 0.6 is 0 Å². The van der Waals surface area contributed by atoms with Crippen molar-refractivity contribution >= 4 is 17.9 Å². The summed E-state index contributed by atoms with van der Waals surface area (Å²) in [5.41, 5.74) is 1.63. The third-order valence-electron chi connectivity index (χ3n) is 3.94. The molecule has 0 bridgehead atoms. The van der Waals surface area contributed by atoms with Crippen LogP contribution in [0.25, 0.3) is 0 Å². The van der Waals surface area contributed by atoms with Crippen LogP contribution in [0.1, 0.15) is 57.4 Å². The minimum atomic E-state index is -1.02. The molecule has 158 valence electrons. The van der Waals surface area contributed by atoms with Gasteiger partial charge < -0.3 is 15.4 Å². The lowest BCUT2D eigenvalue weighted by Gasteiger charge is -2.29. The molecule has 0 spiro atoms. The van der Waals surface area contributed by atoms with Gasteiger partial charge in [-0.15, -0.1) is 0 Å². The van der Waals surface area contributed by atoms with Crippen LogP contribution in [0.3, 0.4) is 0 Å². The second-order valence-corrected chi connectivity index (χ2v) is 8.12. The van der Waals surface area contributed by atoms with Crippen molar-refractivity contribution in [1.29, 1.82) is 0 Å². The van der Waals surface area contributed by atoms with E-state index in [1.165, 1.54) is 0 Å². The van der Waals surface area contributed by atoms with Gasteiger partial charge in [0.2, 0.25) is 5.91 Å². The molecule has 7 heteroatoms. The number of hydrogen-bond donors (Lipinski definition) is 2. The van der Waals surface area contributed by atoms with Gasteiger partial charge >= 0.3 is 6.09 Å². The van der Waals surface area contributed by atoms with E-state index in [1.54, 1.807) is 20.8 Å². The molecule has 0 aromatic heterocycles. The van der Waals surface area contributed by atoms with E-state index in [1.807, 2.05) is 45.9 Å². The molecule has 7 nitrogen and oxygen atoms in total. The van der Waals surface area contributed by atoms with Gasteiger partial charge in [-0.1, -0.05) is 24.6 Å². The van der Waals surface area contributed by atoms with Crippen LogP contribution in [0.2, 0.25) is 0 Å². The Hall–Kier alpha value is -3.01. The third kappa shape index (κ3) is 7.15. The molecule has 0 aliphatic rings. The SMILES string of the molecule is C#CN(C(=O)CNC(=O)OC(C)(C)C)C(C(=O)NC(C)C)c1c(C)cccc1C. The zero-order chi connectivity index (χ0) is 22.4. The van der Waals surface area contributed by atoms with E-state index in [9.17, 15) is 14.4 Å². The highest BCUT2D eigenvalue weighted by molar-refractivity contribution is 5.92. The van der Waals surface area contributed by atoms with Gasteiger partial charge in [-0.2, -0.15) is 0 Å². The van der Waals surface area contributed by atoms with Gasteiger partial charge in [0.1, 0.15) is 18.2 Å². The van der Waals surface area contributed by atoms with Gasteiger partial charge in [-0.3, -0.25) is 14.5 Å². The first kappa shape index (κ1) is 24.0. The summed E-state index contributed by atoms with van der Waals surface area (Å²) in [6.45, 7) is 12.1. The zero-order valence-electron chi connectivity index (χ0n) is 18.3. The van der Waals surface area contributed by atoms with Gasteiger partial charge in [-0.05, 0) is 65.2 Å². The number of nitrogens with one attached hydrogen (secondary N) is 2. The van der Waals surface area contributed by atoms with Crippen molar-refractivity contribution in [2.75, 3.05) is 6.54 Å². The molecule has 1 unspecified atom stereocenters. The predicted molar refractivity (Wildman–Crippen MR) is 112 cm³/mol. The Morgan fingerprint density at radius 1 is 1.17 bits per heavy atom. The molecular formula is C22H31N3O4. The van der Waals surface area contributed by atoms with E-state index >= 15 is 0 Å². The molecule has 0 radical (unpaired) electrons. The number of benzene rings is 1. The number of carbonyl (C=O) groups is 3. The van der Waals surface area contributed by atoms with Crippen molar-refractivity contribution in [2.45, 2.75) is 66.2 Å². The Morgan fingerprint density at radius 3 is 2.17 bits per heavy atom. The summed E-state index contributed by atoms with van der Waals surface area (Å²) >= 11 is 0. The van der Waals surface area contributed by atoms with Crippen LogP contribution in [0.4, 0.5) is 4.79 Å². The normalized spacial score (nSPS) is 12.0. The Balaban J connectivity index is 3.18. The minimum absolute atomic E-state index is 0.135. The quantitative estimate of drug-likeness (QED) is 0.567. The monoisotopic (exact) mass is 401 g/mol. The molecule has 0 heterocycles. The standard InChI is InChI=1S/C22H31N3O4/c1-9-25(17(26)13-23-21(28)29-22(6,7)8)19(20(27)24-14(2)3)18-15(4)11-10-12-16(18)5/h1,10-12,14,19H,13H2,2-8H3,(H,23,28)(H,24,27). The Morgan fingerprint density at radius 2 is 1.72 bits per heavy atom. The molecule has 0 aliphatic heterocycles. The largest absolute Gasteiger partial charge is 0.444 e. The van der Waals surface area contributed by atoms with Crippen molar-refractivity contribution in [3.63, 3.8) is 0 Å². The topological polar surface area (TPSA) is 87.7 Å². The van der Waals surface area contributed by atoms with Crippen LogP contribution in [-0.2, 0) is 14.3 Å². The lowest BCUT2D eigenvalue weighted by atomic mass is 9.94. The Kier molecular flexibility index (Phi) is 8.26. The average Bonchev–Trinajstić information content (AvgIpc) is 2.56. The van der Waals surface area contributed by atoms with Crippen LogP contribution in [0, 0.1) is 26.3 Å². The molecule has 0 fully saturated rings. The molecule has 0 aliphatic carbocycles. The highest BCUT2D eigenvalue weighted by Crippen LogP contribution is 2.27. The molecule has 1 rings (SSSR count).